The van der Waals surface area contributed by atoms with Gasteiger partial charge in [-0.2, -0.15) is 0 Å². The maximum absolute atomic E-state index is 5.43. The van der Waals surface area contributed by atoms with Gasteiger partial charge in [-0.05, 0) is 49.7 Å². The molecule has 0 unspecified atom stereocenters. The van der Waals surface area contributed by atoms with Crippen LogP contribution in [0.2, 0.25) is 0 Å². The Balaban J connectivity index is 1.60. The number of aryl methyl sites for hydroxylation is 1. The number of hydrogen-bond donors (Lipinski definition) is 0. The maximum Gasteiger partial charge on any atom is 0.107 e. The molecular weight excluding hydrogens is 344 g/mol. The standard InChI is InChI=1S/C20H24N4OS/c1-4-12-25-13-11-23(3)26-18-7-5-17(6-8-18)15-24-16(2)22-19-9-10-21-14-20(19)24/h4-10,14H,1,11-13,15H2,2-3H3. The first-order valence-electron chi connectivity index (χ1n) is 8.61. The molecule has 2 aromatic heterocycles. The normalized spacial score (nSPS) is 11.3. The second-order valence-electron chi connectivity index (χ2n) is 6.06. The molecule has 0 aliphatic heterocycles. The van der Waals surface area contributed by atoms with Crippen molar-refractivity contribution in [2.45, 2.75) is 18.4 Å². The average molecular weight is 369 g/mol. The highest BCUT2D eigenvalue weighted by atomic mass is 32.2. The molecule has 0 fully saturated rings. The van der Waals surface area contributed by atoms with Crippen molar-refractivity contribution in [1.82, 2.24) is 18.8 Å². The molecular formula is C20H24N4OS. The first kappa shape index (κ1) is 18.6. The fourth-order valence-electron chi connectivity index (χ4n) is 2.71. The zero-order valence-electron chi connectivity index (χ0n) is 15.3. The summed E-state index contributed by atoms with van der Waals surface area (Å²) in [6.07, 6.45) is 5.43. The van der Waals surface area contributed by atoms with E-state index in [1.807, 2.05) is 19.2 Å². The smallest absolute Gasteiger partial charge is 0.107 e. The number of ether oxygens (including phenoxy) is 1. The van der Waals surface area contributed by atoms with Crippen LogP contribution in [0.5, 0.6) is 0 Å². The van der Waals surface area contributed by atoms with Gasteiger partial charge < -0.3 is 9.30 Å². The van der Waals surface area contributed by atoms with Crippen molar-refractivity contribution in [2.24, 2.45) is 0 Å². The molecule has 0 aliphatic rings. The molecule has 0 atom stereocenters. The molecule has 136 valence electrons. The minimum absolute atomic E-state index is 0.602. The van der Waals surface area contributed by atoms with Crippen LogP contribution in [-0.4, -0.2) is 45.6 Å². The zero-order chi connectivity index (χ0) is 18.4. The lowest BCUT2D eigenvalue weighted by Gasteiger charge is -2.15. The molecule has 0 bridgehead atoms. The monoisotopic (exact) mass is 368 g/mol. The molecule has 0 spiro atoms. The first-order valence-corrected chi connectivity index (χ1v) is 9.38. The van der Waals surface area contributed by atoms with Crippen molar-refractivity contribution in [3.8, 4) is 0 Å². The fourth-order valence-corrected chi connectivity index (χ4v) is 3.50. The van der Waals surface area contributed by atoms with Crippen molar-refractivity contribution in [3.05, 3.63) is 66.8 Å². The lowest BCUT2D eigenvalue weighted by molar-refractivity contribution is 0.154. The number of rotatable bonds is 9. The summed E-state index contributed by atoms with van der Waals surface area (Å²) in [5.74, 6) is 1.01. The minimum atomic E-state index is 0.602. The molecule has 0 saturated carbocycles. The highest BCUT2D eigenvalue weighted by Crippen LogP contribution is 2.22. The van der Waals surface area contributed by atoms with E-state index in [-0.39, 0.29) is 0 Å². The lowest BCUT2D eigenvalue weighted by Crippen LogP contribution is -2.16. The summed E-state index contributed by atoms with van der Waals surface area (Å²) in [5, 5.41) is 0. The van der Waals surface area contributed by atoms with Crippen LogP contribution >= 0.6 is 11.9 Å². The Morgan fingerprint density at radius 1 is 1.27 bits per heavy atom. The van der Waals surface area contributed by atoms with E-state index in [0.29, 0.717) is 13.2 Å². The molecule has 3 aromatic rings. The highest BCUT2D eigenvalue weighted by molar-refractivity contribution is 7.97. The number of pyridine rings is 1. The summed E-state index contributed by atoms with van der Waals surface area (Å²) in [6.45, 7) is 8.65. The molecule has 26 heavy (non-hydrogen) atoms. The van der Waals surface area contributed by atoms with Crippen molar-refractivity contribution < 1.29 is 4.74 Å². The molecule has 0 aliphatic carbocycles. The Morgan fingerprint density at radius 3 is 2.85 bits per heavy atom. The Hall–Kier alpha value is -2.15. The molecule has 0 radical (unpaired) electrons. The Labute approximate surface area is 158 Å². The Bertz CT molecular complexity index is 860. The summed E-state index contributed by atoms with van der Waals surface area (Å²) in [4.78, 5) is 10.0. The number of nitrogens with zero attached hydrogens (tertiary/aromatic N) is 4. The van der Waals surface area contributed by atoms with Crippen LogP contribution in [0, 0.1) is 6.92 Å². The molecule has 0 N–H and O–H groups in total. The second-order valence-corrected chi connectivity index (χ2v) is 7.34. The summed E-state index contributed by atoms with van der Waals surface area (Å²) < 4.78 is 9.81. The van der Waals surface area contributed by atoms with E-state index in [2.05, 4.69) is 56.7 Å². The van der Waals surface area contributed by atoms with Crippen LogP contribution in [-0.2, 0) is 11.3 Å². The van der Waals surface area contributed by atoms with Gasteiger partial charge in [0.05, 0.1) is 30.4 Å². The van der Waals surface area contributed by atoms with Crippen LogP contribution < -0.4 is 0 Å². The van der Waals surface area contributed by atoms with E-state index in [1.54, 1.807) is 24.2 Å². The first-order chi connectivity index (χ1) is 12.7. The van der Waals surface area contributed by atoms with Crippen molar-refractivity contribution in [3.63, 3.8) is 0 Å². The van der Waals surface area contributed by atoms with E-state index in [9.17, 15) is 0 Å². The van der Waals surface area contributed by atoms with Crippen LogP contribution in [0.3, 0.4) is 0 Å². The van der Waals surface area contributed by atoms with Gasteiger partial charge in [-0.3, -0.25) is 4.98 Å². The number of imidazole rings is 1. The Kier molecular flexibility index (Phi) is 6.44. The van der Waals surface area contributed by atoms with Crippen molar-refractivity contribution >= 4 is 23.0 Å². The van der Waals surface area contributed by atoms with Crippen molar-refractivity contribution in [2.75, 3.05) is 26.8 Å². The van der Waals surface area contributed by atoms with Gasteiger partial charge in [-0.25, -0.2) is 9.29 Å². The number of aromatic nitrogens is 3. The average Bonchev–Trinajstić information content (AvgIpc) is 2.96. The van der Waals surface area contributed by atoms with E-state index < -0.39 is 0 Å². The van der Waals surface area contributed by atoms with Gasteiger partial charge in [-0.15, -0.1) is 6.58 Å². The van der Waals surface area contributed by atoms with Gasteiger partial charge in [0, 0.05) is 24.2 Å². The maximum atomic E-state index is 5.43. The molecule has 1 aromatic carbocycles. The van der Waals surface area contributed by atoms with Crippen LogP contribution in [0.1, 0.15) is 11.4 Å². The molecule has 2 heterocycles. The number of likely N-dealkylation sites (N-methyl/N-ethyl adjacent to an activating group) is 1. The largest absolute Gasteiger partial charge is 0.376 e. The highest BCUT2D eigenvalue weighted by Gasteiger charge is 2.08. The van der Waals surface area contributed by atoms with Crippen molar-refractivity contribution in [1.29, 1.82) is 0 Å². The summed E-state index contributed by atoms with van der Waals surface area (Å²) in [5.41, 5.74) is 3.31. The van der Waals surface area contributed by atoms with Gasteiger partial charge in [0.25, 0.3) is 0 Å². The van der Waals surface area contributed by atoms with E-state index in [0.717, 1.165) is 29.9 Å². The van der Waals surface area contributed by atoms with E-state index in [1.165, 1.54) is 10.5 Å². The summed E-state index contributed by atoms with van der Waals surface area (Å²) in [7, 11) is 2.07. The predicted octanol–water partition coefficient (Wildman–Crippen LogP) is 3.93. The SMILES string of the molecule is C=CCOCCN(C)Sc1ccc(Cn2c(C)nc3ccncc32)cc1. The van der Waals surface area contributed by atoms with Crippen LogP contribution in [0.4, 0.5) is 0 Å². The topological polar surface area (TPSA) is 43.2 Å². The third-order valence-corrected chi connectivity index (χ3v) is 5.03. The van der Waals surface area contributed by atoms with Gasteiger partial charge in [0.15, 0.2) is 0 Å². The minimum Gasteiger partial charge on any atom is -0.376 e. The van der Waals surface area contributed by atoms with E-state index >= 15 is 0 Å². The number of fused-ring (bicyclic) bond motifs is 1. The van der Waals surface area contributed by atoms with Gasteiger partial charge in [0.2, 0.25) is 0 Å². The molecule has 3 rings (SSSR count). The third-order valence-electron chi connectivity index (χ3n) is 4.05. The molecule has 5 nitrogen and oxygen atoms in total. The Morgan fingerprint density at radius 2 is 2.08 bits per heavy atom. The summed E-state index contributed by atoms with van der Waals surface area (Å²) in [6, 6.07) is 10.6. The predicted molar refractivity (Wildman–Crippen MR) is 107 cm³/mol. The van der Waals surface area contributed by atoms with E-state index in [4.69, 9.17) is 4.74 Å². The molecule has 0 saturated heterocycles. The molecule has 0 amide bonds. The summed E-state index contributed by atoms with van der Waals surface area (Å²) >= 11 is 1.72. The van der Waals surface area contributed by atoms with Crippen LogP contribution in [0.15, 0.2) is 60.3 Å². The third kappa shape index (κ3) is 4.72. The number of benzene rings is 1. The number of hydrogen-bond acceptors (Lipinski definition) is 5. The fraction of sp³-hybridized carbons (Fsp3) is 0.300. The van der Waals surface area contributed by atoms with Crippen LogP contribution in [0.25, 0.3) is 11.0 Å². The second kappa shape index (κ2) is 8.98. The lowest BCUT2D eigenvalue weighted by atomic mass is 10.2. The zero-order valence-corrected chi connectivity index (χ0v) is 16.1. The molecule has 6 heteroatoms. The van der Waals surface area contributed by atoms with Gasteiger partial charge in [-0.1, -0.05) is 18.2 Å². The van der Waals surface area contributed by atoms with Gasteiger partial charge >= 0.3 is 0 Å². The quantitative estimate of drug-likeness (QED) is 0.325. The van der Waals surface area contributed by atoms with Gasteiger partial charge in [0.1, 0.15) is 5.82 Å².